The van der Waals surface area contributed by atoms with Gasteiger partial charge in [0.15, 0.2) is 0 Å². The summed E-state index contributed by atoms with van der Waals surface area (Å²) in [7, 11) is 5.24. The Morgan fingerprint density at radius 2 is 1.95 bits per heavy atom. The van der Waals surface area contributed by atoms with Gasteiger partial charge in [0, 0.05) is 23.9 Å². The smallest absolute Gasteiger partial charge is 0.144 e. The molecule has 0 spiro atoms. The van der Waals surface area contributed by atoms with E-state index in [0.29, 0.717) is 0 Å². The van der Waals surface area contributed by atoms with E-state index in [0.717, 1.165) is 35.1 Å². The lowest BCUT2D eigenvalue weighted by molar-refractivity contribution is 0.400. The maximum Gasteiger partial charge on any atom is 0.144 e. The number of nitrogens with one attached hydrogen (secondary N) is 1. The molecule has 2 aromatic rings. The molecule has 5 heteroatoms. The lowest BCUT2D eigenvalue weighted by Crippen LogP contribution is -2.07. The topological polar surface area (TPSA) is 48.3 Å². The summed E-state index contributed by atoms with van der Waals surface area (Å²) in [4.78, 5) is 0. The van der Waals surface area contributed by atoms with Crippen molar-refractivity contribution in [2.45, 2.75) is 20.4 Å². The van der Waals surface area contributed by atoms with Crippen LogP contribution in [0.15, 0.2) is 18.2 Å². The number of benzene rings is 1. The van der Waals surface area contributed by atoms with Gasteiger partial charge in [0.1, 0.15) is 17.2 Å². The van der Waals surface area contributed by atoms with E-state index in [4.69, 9.17) is 9.47 Å². The Balaban J connectivity index is 2.58. The van der Waals surface area contributed by atoms with Crippen LogP contribution in [0.3, 0.4) is 0 Å². The maximum atomic E-state index is 5.43. The first kappa shape index (κ1) is 14.4. The van der Waals surface area contributed by atoms with Gasteiger partial charge < -0.3 is 14.8 Å². The first-order valence-corrected chi connectivity index (χ1v) is 6.54. The first-order valence-electron chi connectivity index (χ1n) is 6.54. The van der Waals surface area contributed by atoms with E-state index in [1.165, 1.54) is 5.56 Å². The molecule has 0 aliphatic carbocycles. The molecule has 0 radical (unpaired) electrons. The van der Waals surface area contributed by atoms with Crippen LogP contribution in [0.25, 0.3) is 5.69 Å². The fraction of sp³-hybridized carbons (Fsp3) is 0.400. The van der Waals surface area contributed by atoms with Gasteiger partial charge in [-0.1, -0.05) is 0 Å². The summed E-state index contributed by atoms with van der Waals surface area (Å²) in [5, 5.41) is 7.80. The molecule has 1 heterocycles. The summed E-state index contributed by atoms with van der Waals surface area (Å²) in [6, 6.07) is 5.70. The Morgan fingerprint density at radius 1 is 1.20 bits per heavy atom. The molecule has 1 N–H and O–H groups in total. The average molecular weight is 275 g/mol. The molecule has 0 aliphatic heterocycles. The molecule has 0 saturated heterocycles. The second-order valence-corrected chi connectivity index (χ2v) is 4.63. The van der Waals surface area contributed by atoms with Gasteiger partial charge in [0.25, 0.3) is 0 Å². The summed E-state index contributed by atoms with van der Waals surface area (Å²) < 4.78 is 12.6. The molecule has 108 valence electrons. The number of rotatable bonds is 5. The average Bonchev–Trinajstić information content (AvgIpc) is 2.75. The predicted molar refractivity (Wildman–Crippen MR) is 78.9 cm³/mol. The minimum absolute atomic E-state index is 0.771. The molecular weight excluding hydrogens is 254 g/mol. The van der Waals surface area contributed by atoms with Crippen LogP contribution in [0.5, 0.6) is 11.5 Å². The van der Waals surface area contributed by atoms with Crippen molar-refractivity contribution in [1.29, 1.82) is 0 Å². The lowest BCUT2D eigenvalue weighted by Gasteiger charge is -2.12. The third-order valence-corrected chi connectivity index (χ3v) is 3.41. The minimum atomic E-state index is 0.771. The van der Waals surface area contributed by atoms with Crippen LogP contribution in [0.2, 0.25) is 0 Å². The monoisotopic (exact) mass is 275 g/mol. The van der Waals surface area contributed by atoms with Crippen molar-refractivity contribution in [3.05, 3.63) is 35.2 Å². The van der Waals surface area contributed by atoms with Gasteiger partial charge >= 0.3 is 0 Å². The van der Waals surface area contributed by atoms with Crippen molar-refractivity contribution in [1.82, 2.24) is 15.1 Å². The van der Waals surface area contributed by atoms with Crippen LogP contribution in [-0.4, -0.2) is 31.0 Å². The molecule has 0 saturated carbocycles. The molecule has 2 rings (SSSR count). The van der Waals surface area contributed by atoms with Gasteiger partial charge in [-0.25, -0.2) is 4.68 Å². The third-order valence-electron chi connectivity index (χ3n) is 3.41. The normalized spacial score (nSPS) is 10.7. The zero-order chi connectivity index (χ0) is 14.7. The van der Waals surface area contributed by atoms with Crippen LogP contribution in [0.4, 0.5) is 0 Å². The Kier molecular flexibility index (Phi) is 4.29. The van der Waals surface area contributed by atoms with Gasteiger partial charge in [0.2, 0.25) is 0 Å². The molecule has 1 aromatic heterocycles. The Hall–Kier alpha value is -2.01. The highest BCUT2D eigenvalue weighted by molar-refractivity contribution is 5.52. The number of hydrogen-bond acceptors (Lipinski definition) is 4. The van der Waals surface area contributed by atoms with E-state index in [1.54, 1.807) is 14.2 Å². The van der Waals surface area contributed by atoms with E-state index >= 15 is 0 Å². The number of nitrogens with zero attached hydrogens (tertiary/aromatic N) is 2. The van der Waals surface area contributed by atoms with Crippen molar-refractivity contribution in [2.24, 2.45) is 0 Å². The summed E-state index contributed by atoms with van der Waals surface area (Å²) in [5.41, 5.74) is 4.21. The van der Waals surface area contributed by atoms with Crippen LogP contribution in [0, 0.1) is 13.8 Å². The second kappa shape index (κ2) is 5.96. The van der Waals surface area contributed by atoms with Crippen molar-refractivity contribution >= 4 is 0 Å². The van der Waals surface area contributed by atoms with Gasteiger partial charge in [-0.2, -0.15) is 5.10 Å². The number of ether oxygens (including phenoxy) is 2. The molecule has 0 bridgehead atoms. The number of aromatic nitrogens is 2. The Bertz CT molecular complexity index is 605. The van der Waals surface area contributed by atoms with Crippen molar-refractivity contribution < 1.29 is 9.47 Å². The predicted octanol–water partition coefficient (Wildman–Crippen LogP) is 2.23. The van der Waals surface area contributed by atoms with E-state index in [-0.39, 0.29) is 0 Å². The highest BCUT2D eigenvalue weighted by Gasteiger charge is 2.15. The Morgan fingerprint density at radius 3 is 2.55 bits per heavy atom. The van der Waals surface area contributed by atoms with Crippen molar-refractivity contribution in [2.75, 3.05) is 21.3 Å². The molecule has 20 heavy (non-hydrogen) atoms. The van der Waals surface area contributed by atoms with Gasteiger partial charge in [-0.05, 0) is 33.0 Å². The van der Waals surface area contributed by atoms with Gasteiger partial charge in [-0.15, -0.1) is 0 Å². The summed E-state index contributed by atoms with van der Waals surface area (Å²) in [6.07, 6.45) is 0. The second-order valence-electron chi connectivity index (χ2n) is 4.63. The van der Waals surface area contributed by atoms with Crippen molar-refractivity contribution in [3.63, 3.8) is 0 Å². The first-order chi connectivity index (χ1) is 9.62. The standard InChI is InChI=1S/C15H21N3O2/c1-10-13(9-16-3)11(2)18(17-10)14-8-12(19-4)6-7-15(14)20-5/h6-8,16H,9H2,1-5H3. The molecule has 5 nitrogen and oxygen atoms in total. The summed E-state index contributed by atoms with van der Waals surface area (Å²) in [5.74, 6) is 1.55. The summed E-state index contributed by atoms with van der Waals surface area (Å²) in [6.45, 7) is 4.87. The molecule has 0 fully saturated rings. The summed E-state index contributed by atoms with van der Waals surface area (Å²) >= 11 is 0. The highest BCUT2D eigenvalue weighted by Crippen LogP contribution is 2.29. The van der Waals surface area contributed by atoms with Crippen molar-refractivity contribution in [3.8, 4) is 17.2 Å². The number of methoxy groups -OCH3 is 2. The van der Waals surface area contributed by atoms with Crippen LogP contribution in [0.1, 0.15) is 17.0 Å². The maximum absolute atomic E-state index is 5.43. The largest absolute Gasteiger partial charge is 0.497 e. The molecule has 0 aliphatic rings. The van der Waals surface area contributed by atoms with E-state index < -0.39 is 0 Å². The van der Waals surface area contributed by atoms with Crippen LogP contribution in [-0.2, 0) is 6.54 Å². The SMILES string of the molecule is CNCc1c(C)nn(-c2cc(OC)ccc2OC)c1C. The number of hydrogen-bond donors (Lipinski definition) is 1. The zero-order valence-corrected chi connectivity index (χ0v) is 12.7. The van der Waals surface area contributed by atoms with E-state index in [2.05, 4.69) is 17.3 Å². The van der Waals surface area contributed by atoms with E-state index in [9.17, 15) is 0 Å². The highest BCUT2D eigenvalue weighted by atomic mass is 16.5. The van der Waals surface area contributed by atoms with Crippen LogP contribution < -0.4 is 14.8 Å². The molecular formula is C15H21N3O2. The molecule has 0 amide bonds. The molecule has 1 aromatic carbocycles. The zero-order valence-electron chi connectivity index (χ0n) is 12.7. The molecule has 0 atom stereocenters. The van der Waals surface area contributed by atoms with Crippen LogP contribution >= 0.6 is 0 Å². The lowest BCUT2D eigenvalue weighted by atomic mass is 10.2. The fourth-order valence-electron chi connectivity index (χ4n) is 2.30. The quantitative estimate of drug-likeness (QED) is 0.909. The minimum Gasteiger partial charge on any atom is -0.497 e. The van der Waals surface area contributed by atoms with Gasteiger partial charge in [-0.3, -0.25) is 0 Å². The molecule has 0 unspecified atom stereocenters. The van der Waals surface area contributed by atoms with Gasteiger partial charge in [0.05, 0.1) is 19.9 Å². The number of aryl methyl sites for hydroxylation is 1. The Labute approximate surface area is 119 Å². The fourth-order valence-corrected chi connectivity index (χ4v) is 2.30. The van der Waals surface area contributed by atoms with E-state index in [1.807, 2.05) is 36.9 Å². The third kappa shape index (κ3) is 2.49.